The van der Waals surface area contributed by atoms with E-state index in [-0.39, 0.29) is 12.3 Å². The molecule has 2 unspecified atom stereocenters. The van der Waals surface area contributed by atoms with E-state index in [1.54, 1.807) is 11.8 Å². The summed E-state index contributed by atoms with van der Waals surface area (Å²) in [6.07, 6.45) is 2.35. The lowest BCUT2D eigenvalue weighted by atomic mass is 10.0. The zero-order chi connectivity index (χ0) is 16.7. The van der Waals surface area contributed by atoms with E-state index < -0.39 is 12.0 Å². The standard InChI is InChI=1S/C16H21NO3S3/c1-21-12-4-2-11(3-5-12)14(9-16(19)20)17-15(18)8-13-10-22-6-7-23-13/h2-5,13-14H,6-10H2,1H3,(H,17,18)(H,19,20). The molecule has 0 saturated carbocycles. The van der Waals surface area contributed by atoms with Gasteiger partial charge in [-0.3, -0.25) is 9.59 Å². The Morgan fingerprint density at radius 2 is 2.09 bits per heavy atom. The van der Waals surface area contributed by atoms with Crippen LogP contribution in [0.3, 0.4) is 0 Å². The molecule has 1 amide bonds. The van der Waals surface area contributed by atoms with Crippen LogP contribution in [0.2, 0.25) is 0 Å². The molecule has 1 saturated heterocycles. The SMILES string of the molecule is CSc1ccc(C(CC(=O)O)NC(=O)CC2CSCCS2)cc1. The second-order valence-electron chi connectivity index (χ2n) is 5.26. The highest BCUT2D eigenvalue weighted by atomic mass is 32.2. The van der Waals surface area contributed by atoms with Crippen molar-refractivity contribution >= 4 is 47.2 Å². The minimum Gasteiger partial charge on any atom is -0.481 e. The van der Waals surface area contributed by atoms with E-state index in [1.165, 1.54) is 0 Å². The topological polar surface area (TPSA) is 66.4 Å². The van der Waals surface area contributed by atoms with E-state index in [0.717, 1.165) is 27.7 Å². The van der Waals surface area contributed by atoms with E-state index >= 15 is 0 Å². The lowest BCUT2D eigenvalue weighted by Crippen LogP contribution is -2.33. The van der Waals surface area contributed by atoms with Crippen molar-refractivity contribution in [3.05, 3.63) is 29.8 Å². The average Bonchev–Trinajstić information content (AvgIpc) is 2.55. The van der Waals surface area contributed by atoms with Crippen molar-refractivity contribution < 1.29 is 14.7 Å². The van der Waals surface area contributed by atoms with Crippen LogP contribution in [-0.4, -0.2) is 45.7 Å². The van der Waals surface area contributed by atoms with Gasteiger partial charge in [-0.05, 0) is 24.0 Å². The molecule has 2 N–H and O–H groups in total. The zero-order valence-electron chi connectivity index (χ0n) is 13.0. The highest BCUT2D eigenvalue weighted by Crippen LogP contribution is 2.27. The van der Waals surface area contributed by atoms with E-state index in [1.807, 2.05) is 54.0 Å². The van der Waals surface area contributed by atoms with Crippen molar-refractivity contribution in [1.29, 1.82) is 0 Å². The van der Waals surface area contributed by atoms with Gasteiger partial charge in [0.05, 0.1) is 12.5 Å². The molecule has 0 bridgehead atoms. The van der Waals surface area contributed by atoms with Gasteiger partial charge in [0.2, 0.25) is 5.91 Å². The first-order chi connectivity index (χ1) is 11.1. The first-order valence-corrected chi connectivity index (χ1v) is 10.9. The summed E-state index contributed by atoms with van der Waals surface area (Å²) in [5.41, 5.74) is 0.837. The molecule has 1 fully saturated rings. The van der Waals surface area contributed by atoms with Crippen molar-refractivity contribution in [3.8, 4) is 0 Å². The van der Waals surface area contributed by atoms with Crippen molar-refractivity contribution in [1.82, 2.24) is 5.32 Å². The van der Waals surface area contributed by atoms with Crippen LogP contribution in [0.5, 0.6) is 0 Å². The van der Waals surface area contributed by atoms with Gasteiger partial charge in [0.1, 0.15) is 0 Å². The fourth-order valence-electron chi connectivity index (χ4n) is 2.38. The number of carboxylic acid groups (broad SMARTS) is 1. The summed E-state index contributed by atoms with van der Waals surface area (Å²) in [7, 11) is 0. The monoisotopic (exact) mass is 371 g/mol. The third kappa shape index (κ3) is 6.31. The van der Waals surface area contributed by atoms with Crippen molar-refractivity contribution in [2.75, 3.05) is 23.5 Å². The third-order valence-corrected chi connectivity index (χ3v) is 7.12. The van der Waals surface area contributed by atoms with E-state index in [4.69, 9.17) is 5.11 Å². The molecule has 7 heteroatoms. The van der Waals surface area contributed by atoms with Gasteiger partial charge in [0.15, 0.2) is 0 Å². The summed E-state index contributed by atoms with van der Waals surface area (Å²) in [5, 5.41) is 12.3. The van der Waals surface area contributed by atoms with Crippen LogP contribution < -0.4 is 5.32 Å². The van der Waals surface area contributed by atoms with Crippen LogP contribution in [0.15, 0.2) is 29.2 Å². The number of hydrogen-bond acceptors (Lipinski definition) is 5. The molecule has 126 valence electrons. The van der Waals surface area contributed by atoms with Gasteiger partial charge < -0.3 is 10.4 Å². The quantitative estimate of drug-likeness (QED) is 0.717. The second kappa shape index (κ2) is 9.49. The molecule has 2 atom stereocenters. The Kier molecular flexibility index (Phi) is 7.65. The summed E-state index contributed by atoms with van der Waals surface area (Å²) in [6, 6.07) is 7.22. The predicted octanol–water partition coefficient (Wildman–Crippen LogP) is 3.28. The molecule has 0 aliphatic carbocycles. The number of aliphatic carboxylic acids is 1. The molecular formula is C16H21NO3S3. The largest absolute Gasteiger partial charge is 0.481 e. The van der Waals surface area contributed by atoms with Crippen LogP contribution in [0.4, 0.5) is 0 Å². The Labute approximate surface area is 149 Å². The molecule has 1 aliphatic rings. The molecule has 0 aromatic heterocycles. The van der Waals surface area contributed by atoms with Gasteiger partial charge >= 0.3 is 5.97 Å². The molecular weight excluding hydrogens is 350 g/mol. The number of amides is 1. The number of hydrogen-bond donors (Lipinski definition) is 2. The number of nitrogens with one attached hydrogen (secondary N) is 1. The van der Waals surface area contributed by atoms with Gasteiger partial charge in [0.25, 0.3) is 0 Å². The van der Waals surface area contributed by atoms with Crippen LogP contribution in [0.25, 0.3) is 0 Å². The second-order valence-corrected chi connectivity index (χ2v) is 8.70. The molecule has 1 aromatic rings. The Morgan fingerprint density at radius 3 is 2.65 bits per heavy atom. The summed E-state index contributed by atoms with van der Waals surface area (Å²) < 4.78 is 0. The number of carbonyl (C=O) groups is 2. The highest BCUT2D eigenvalue weighted by molar-refractivity contribution is 8.06. The molecule has 1 heterocycles. The van der Waals surface area contributed by atoms with Crippen LogP contribution in [-0.2, 0) is 9.59 Å². The summed E-state index contributed by atoms with van der Waals surface area (Å²) in [5.74, 6) is 2.24. The fraction of sp³-hybridized carbons (Fsp3) is 0.500. The normalized spacial score (nSPS) is 19.1. The maximum Gasteiger partial charge on any atom is 0.305 e. The van der Waals surface area contributed by atoms with E-state index in [9.17, 15) is 9.59 Å². The Balaban J connectivity index is 1.99. The minimum absolute atomic E-state index is 0.0646. The number of benzene rings is 1. The van der Waals surface area contributed by atoms with Crippen LogP contribution >= 0.6 is 35.3 Å². The van der Waals surface area contributed by atoms with Gasteiger partial charge in [0, 0.05) is 33.8 Å². The first-order valence-electron chi connectivity index (χ1n) is 7.43. The Bertz CT molecular complexity index is 530. The summed E-state index contributed by atoms with van der Waals surface area (Å²) >= 11 is 5.34. The molecule has 23 heavy (non-hydrogen) atoms. The van der Waals surface area contributed by atoms with Gasteiger partial charge in [-0.1, -0.05) is 12.1 Å². The fourth-order valence-corrected chi connectivity index (χ4v) is 5.47. The highest BCUT2D eigenvalue weighted by Gasteiger charge is 2.22. The van der Waals surface area contributed by atoms with Crippen LogP contribution in [0, 0.1) is 0 Å². The molecule has 0 radical (unpaired) electrons. The minimum atomic E-state index is -0.910. The Hall–Kier alpha value is -0.790. The van der Waals surface area contributed by atoms with Gasteiger partial charge in [-0.25, -0.2) is 0 Å². The van der Waals surface area contributed by atoms with Crippen molar-refractivity contribution in [3.63, 3.8) is 0 Å². The van der Waals surface area contributed by atoms with Crippen molar-refractivity contribution in [2.24, 2.45) is 0 Å². The smallest absolute Gasteiger partial charge is 0.305 e. The third-order valence-electron chi connectivity index (χ3n) is 3.53. The van der Waals surface area contributed by atoms with Gasteiger partial charge in [-0.2, -0.15) is 23.5 Å². The molecule has 2 rings (SSSR count). The lowest BCUT2D eigenvalue weighted by molar-refractivity contribution is -0.137. The molecule has 0 spiro atoms. The van der Waals surface area contributed by atoms with Crippen LogP contribution in [0.1, 0.15) is 24.4 Å². The maximum absolute atomic E-state index is 12.3. The molecule has 1 aromatic carbocycles. The summed E-state index contributed by atoms with van der Waals surface area (Å²) in [6.45, 7) is 0. The van der Waals surface area contributed by atoms with Crippen molar-refractivity contribution in [2.45, 2.75) is 29.0 Å². The average molecular weight is 372 g/mol. The number of rotatable bonds is 7. The first kappa shape index (κ1) is 18.5. The number of carbonyl (C=O) groups excluding carboxylic acids is 1. The maximum atomic E-state index is 12.3. The molecule has 4 nitrogen and oxygen atoms in total. The number of thioether (sulfide) groups is 3. The number of carboxylic acids is 1. The molecule has 1 aliphatic heterocycles. The lowest BCUT2D eigenvalue weighted by Gasteiger charge is -2.22. The zero-order valence-corrected chi connectivity index (χ0v) is 15.4. The summed E-state index contributed by atoms with van der Waals surface area (Å²) in [4.78, 5) is 24.5. The van der Waals surface area contributed by atoms with E-state index in [0.29, 0.717) is 11.7 Å². The Morgan fingerprint density at radius 1 is 1.35 bits per heavy atom. The van der Waals surface area contributed by atoms with E-state index in [2.05, 4.69) is 5.32 Å². The predicted molar refractivity (Wildman–Crippen MR) is 99.5 cm³/mol. The van der Waals surface area contributed by atoms with Gasteiger partial charge in [-0.15, -0.1) is 11.8 Å².